The van der Waals surface area contributed by atoms with E-state index in [2.05, 4.69) is 10.5 Å². The number of thiophene rings is 1. The fourth-order valence-electron chi connectivity index (χ4n) is 6.02. The monoisotopic (exact) mass is 589 g/mol. The second kappa shape index (κ2) is 10.1. The number of amides is 1. The minimum Gasteiger partial charge on any atom is -1.00 e. The Morgan fingerprint density at radius 2 is 2.11 bits per heavy atom. The van der Waals surface area contributed by atoms with Crippen molar-refractivity contribution in [3.8, 4) is 0 Å². The number of anilines is 1. The van der Waals surface area contributed by atoms with E-state index in [9.17, 15) is 23.5 Å². The number of hydrogen-bond acceptors (Lipinski definition) is 7. The number of aryl methyl sites for hydroxylation is 1. The standard InChI is InChI=1S/C24H29F2N3O5S.BrH/c1-15-10-20(28-34-15)27-21(30)13-29-7-3-16(4-8-29)19(12-29)33-22(31)24(32,18-5-9-35-14-18)17-2-6-23(25,26)11-17;/h5,9-10,14,16-17,19,32H,2-4,6-8,11-13H2,1H3;1H/t16?,17?,19-,24?,29?;/m0./s1. The third kappa shape index (κ3) is 5.23. The fraction of sp³-hybridized carbons (Fsp3) is 0.625. The van der Waals surface area contributed by atoms with Crippen molar-refractivity contribution in [1.82, 2.24) is 5.16 Å². The van der Waals surface area contributed by atoms with E-state index in [1.165, 1.54) is 11.3 Å². The summed E-state index contributed by atoms with van der Waals surface area (Å²) in [6.07, 6.45) is 0.219. The summed E-state index contributed by atoms with van der Waals surface area (Å²) in [5, 5.41) is 21.4. The van der Waals surface area contributed by atoms with Crippen molar-refractivity contribution in [2.24, 2.45) is 11.8 Å². The van der Waals surface area contributed by atoms with Crippen LogP contribution >= 0.6 is 11.3 Å². The molecule has 0 radical (unpaired) electrons. The van der Waals surface area contributed by atoms with Gasteiger partial charge in [-0.15, -0.1) is 0 Å². The lowest BCUT2D eigenvalue weighted by Crippen LogP contribution is -3.00. The van der Waals surface area contributed by atoms with Gasteiger partial charge < -0.3 is 41.1 Å². The molecule has 3 atom stereocenters. The summed E-state index contributed by atoms with van der Waals surface area (Å²) >= 11 is 1.29. The largest absolute Gasteiger partial charge is 1.00 e. The molecule has 2 aromatic heterocycles. The molecule has 8 nitrogen and oxygen atoms in total. The van der Waals surface area contributed by atoms with Gasteiger partial charge in [0.25, 0.3) is 5.91 Å². The molecule has 198 valence electrons. The predicted octanol–water partition coefficient (Wildman–Crippen LogP) is 0.462. The molecule has 36 heavy (non-hydrogen) atoms. The highest BCUT2D eigenvalue weighted by molar-refractivity contribution is 7.08. The Labute approximate surface area is 222 Å². The third-order valence-electron chi connectivity index (χ3n) is 7.94. The Kier molecular flexibility index (Phi) is 7.63. The quantitative estimate of drug-likeness (QED) is 0.359. The number of carbonyl (C=O) groups is 2. The number of fused-ring (bicyclic) bond motifs is 3. The average Bonchev–Trinajstić information content (AvgIpc) is 3.55. The Morgan fingerprint density at radius 3 is 2.69 bits per heavy atom. The number of halogens is 3. The fourth-order valence-corrected chi connectivity index (χ4v) is 6.73. The van der Waals surface area contributed by atoms with Crippen molar-refractivity contribution in [3.05, 3.63) is 34.2 Å². The Hall–Kier alpha value is -1.89. The molecule has 4 aliphatic rings. The first kappa shape index (κ1) is 27.2. The van der Waals surface area contributed by atoms with Crippen LogP contribution in [0.25, 0.3) is 0 Å². The molecule has 12 heteroatoms. The minimum absolute atomic E-state index is 0. The lowest BCUT2D eigenvalue weighted by atomic mass is 9.80. The van der Waals surface area contributed by atoms with E-state index in [4.69, 9.17) is 9.26 Å². The van der Waals surface area contributed by atoms with E-state index in [-0.39, 0.29) is 48.2 Å². The zero-order chi connectivity index (χ0) is 24.8. The summed E-state index contributed by atoms with van der Waals surface area (Å²) in [5.74, 6) is -3.82. The van der Waals surface area contributed by atoms with E-state index in [0.29, 0.717) is 28.2 Å². The molecule has 0 aromatic carbocycles. The summed E-state index contributed by atoms with van der Waals surface area (Å²) in [6.45, 7) is 3.96. The van der Waals surface area contributed by atoms with E-state index in [1.54, 1.807) is 29.8 Å². The van der Waals surface area contributed by atoms with Crippen LogP contribution in [0.5, 0.6) is 0 Å². The van der Waals surface area contributed by atoms with Crippen LogP contribution in [0.1, 0.15) is 43.4 Å². The number of aromatic nitrogens is 1. The van der Waals surface area contributed by atoms with Crippen LogP contribution < -0.4 is 22.3 Å². The van der Waals surface area contributed by atoms with Gasteiger partial charge in [0.15, 0.2) is 24.1 Å². The molecular weight excluding hydrogens is 560 g/mol. The first-order chi connectivity index (χ1) is 16.6. The number of piperidine rings is 3. The van der Waals surface area contributed by atoms with Gasteiger partial charge in [0.05, 0.1) is 13.1 Å². The summed E-state index contributed by atoms with van der Waals surface area (Å²) in [6, 6.07) is 3.24. The van der Waals surface area contributed by atoms with Gasteiger partial charge >= 0.3 is 5.97 Å². The van der Waals surface area contributed by atoms with E-state index in [0.717, 1.165) is 25.9 Å². The highest BCUT2D eigenvalue weighted by atomic mass is 79.9. The second-order valence-electron chi connectivity index (χ2n) is 10.4. The molecule has 1 saturated carbocycles. The van der Waals surface area contributed by atoms with Gasteiger partial charge in [-0.2, -0.15) is 11.3 Å². The van der Waals surface area contributed by atoms with Crippen molar-refractivity contribution >= 4 is 29.0 Å². The van der Waals surface area contributed by atoms with Crippen LogP contribution in [0.2, 0.25) is 0 Å². The molecule has 0 spiro atoms. The Bertz CT molecular complexity index is 1090. The molecule has 3 aliphatic heterocycles. The topological polar surface area (TPSA) is 102 Å². The van der Waals surface area contributed by atoms with Gasteiger partial charge in [0, 0.05) is 49.1 Å². The van der Waals surface area contributed by atoms with Crippen LogP contribution in [-0.2, 0) is 19.9 Å². The molecule has 2 N–H and O–H groups in total. The van der Waals surface area contributed by atoms with Crippen molar-refractivity contribution in [2.45, 2.75) is 56.7 Å². The van der Waals surface area contributed by atoms with Crippen LogP contribution in [0.3, 0.4) is 0 Å². The number of nitrogens with one attached hydrogen (secondary N) is 1. The number of carbonyl (C=O) groups excluding carboxylic acids is 2. The van der Waals surface area contributed by atoms with Gasteiger partial charge in [-0.3, -0.25) is 4.79 Å². The summed E-state index contributed by atoms with van der Waals surface area (Å²) < 4.78 is 39.4. The van der Waals surface area contributed by atoms with Crippen molar-refractivity contribution < 1.29 is 54.2 Å². The summed E-state index contributed by atoms with van der Waals surface area (Å²) in [4.78, 5) is 26.2. The number of esters is 1. The van der Waals surface area contributed by atoms with Gasteiger partial charge in [0.1, 0.15) is 12.3 Å². The Morgan fingerprint density at radius 1 is 1.36 bits per heavy atom. The normalized spacial score (nSPS) is 30.3. The number of quaternary nitrogens is 1. The first-order valence-corrected chi connectivity index (χ1v) is 13.0. The van der Waals surface area contributed by atoms with Crippen molar-refractivity contribution in [3.63, 3.8) is 0 Å². The molecule has 1 amide bonds. The SMILES string of the molecule is Cc1cc(NC(=O)C[N+]23CCC(CC2)[C@@H](OC(=O)C(O)(c2ccsc2)C2CCC(F)(F)C2)C3)no1.[Br-]. The lowest BCUT2D eigenvalue weighted by Gasteiger charge is -2.51. The molecule has 1 aliphatic carbocycles. The Balaban J connectivity index is 0.00000304. The first-order valence-electron chi connectivity index (χ1n) is 12.0. The highest BCUT2D eigenvalue weighted by Gasteiger charge is 2.56. The molecule has 3 saturated heterocycles. The molecule has 6 rings (SSSR count). The number of nitrogens with zero attached hydrogens (tertiary/aromatic N) is 2. The molecule has 4 fully saturated rings. The smallest absolute Gasteiger partial charge is 0.343 e. The summed E-state index contributed by atoms with van der Waals surface area (Å²) in [7, 11) is 0. The van der Waals surface area contributed by atoms with Crippen LogP contribution in [0, 0.1) is 18.8 Å². The van der Waals surface area contributed by atoms with Crippen LogP contribution in [0.15, 0.2) is 27.4 Å². The zero-order valence-electron chi connectivity index (χ0n) is 19.9. The number of rotatable bonds is 7. The van der Waals surface area contributed by atoms with Gasteiger partial charge in [0.2, 0.25) is 5.92 Å². The van der Waals surface area contributed by atoms with Gasteiger partial charge in [-0.1, -0.05) is 5.16 Å². The maximum Gasteiger partial charge on any atom is 0.343 e. The maximum absolute atomic E-state index is 14.0. The molecule has 5 heterocycles. The second-order valence-corrected chi connectivity index (χ2v) is 11.1. The number of hydrogen-bond donors (Lipinski definition) is 2. The molecular formula is C24H30BrF2N3O5S. The zero-order valence-corrected chi connectivity index (χ0v) is 22.3. The minimum atomic E-state index is -2.91. The van der Waals surface area contributed by atoms with E-state index in [1.807, 2.05) is 0 Å². The molecule has 2 aromatic rings. The van der Waals surface area contributed by atoms with Crippen molar-refractivity contribution in [2.75, 3.05) is 31.5 Å². The predicted molar refractivity (Wildman–Crippen MR) is 123 cm³/mol. The van der Waals surface area contributed by atoms with Gasteiger partial charge in [-0.25, -0.2) is 13.6 Å². The third-order valence-corrected chi connectivity index (χ3v) is 8.62. The highest BCUT2D eigenvalue weighted by Crippen LogP contribution is 2.49. The van der Waals surface area contributed by atoms with Crippen molar-refractivity contribution in [1.29, 1.82) is 0 Å². The number of aliphatic hydroxyl groups is 1. The average molecular weight is 590 g/mol. The lowest BCUT2D eigenvalue weighted by molar-refractivity contribution is -0.939. The summed E-state index contributed by atoms with van der Waals surface area (Å²) in [5.41, 5.74) is -1.80. The number of alkyl halides is 2. The van der Waals surface area contributed by atoms with Crippen LogP contribution in [0.4, 0.5) is 14.6 Å². The molecule has 2 bridgehead atoms. The number of ether oxygens (including phenoxy) is 1. The maximum atomic E-state index is 14.0. The van der Waals surface area contributed by atoms with Crippen LogP contribution in [-0.4, -0.2) is 64.8 Å². The van der Waals surface area contributed by atoms with E-state index < -0.39 is 35.9 Å². The van der Waals surface area contributed by atoms with Gasteiger partial charge in [-0.05, 0) is 30.2 Å². The van der Waals surface area contributed by atoms with E-state index >= 15 is 0 Å². The molecule has 2 unspecified atom stereocenters.